The molecule has 1 fully saturated rings. The SMILES string of the molecule is Nc1nc2c(ncn2[C@@H]2O[C@H](COP(=O)(O)OP(=O)(O)OP(=O)(O)OP(=O)(O)OP(=O)(O)O)[C@@H](O)[C@H]2O)c(=O)[nH]1.O=P(O)(O)OP(=O)(O)OP(=O)(O)OP(=O)(O)O. The molecular weight excluding hydrogens is 997 g/mol. The van der Waals surface area contributed by atoms with Crippen LogP contribution in [0.5, 0.6) is 0 Å². The third-order valence-corrected chi connectivity index (χ3v) is 17.0. The van der Waals surface area contributed by atoms with Gasteiger partial charge in [-0.1, -0.05) is 0 Å². The topological polar surface area (TPSA) is 610 Å². The second-order valence-corrected chi connectivity index (χ2v) is 22.9. The van der Waals surface area contributed by atoms with Crippen molar-refractivity contribution in [3.05, 3.63) is 16.7 Å². The Morgan fingerprint density at radius 1 is 0.632 bits per heavy atom. The Kier molecular flexibility index (Phi) is 16.9. The van der Waals surface area contributed by atoms with E-state index >= 15 is 0 Å². The lowest BCUT2D eigenvalue weighted by atomic mass is 10.1. The zero-order valence-corrected chi connectivity index (χ0v) is 34.1. The van der Waals surface area contributed by atoms with Crippen molar-refractivity contribution in [3.8, 4) is 0 Å². The Labute approximate surface area is 310 Å². The number of nitrogens with one attached hydrogen (secondary N) is 1. The van der Waals surface area contributed by atoms with Crippen LogP contribution in [0.25, 0.3) is 11.2 Å². The molecule has 0 aliphatic carbocycles. The molecule has 0 saturated carbocycles. The van der Waals surface area contributed by atoms with Gasteiger partial charge in [-0.3, -0.25) is 18.9 Å². The molecule has 3 rings (SSSR count). The van der Waals surface area contributed by atoms with Crippen LogP contribution in [0, 0.1) is 0 Å². The molecular formula is C10H24N5O33P9. The highest BCUT2D eigenvalue weighted by molar-refractivity contribution is 7.71. The molecule has 1 saturated heterocycles. The number of aliphatic hydroxyl groups excluding tert-OH is 2. The van der Waals surface area contributed by atoms with E-state index in [0.717, 1.165) is 10.9 Å². The van der Waals surface area contributed by atoms with Crippen LogP contribution in [-0.4, -0.2) is 113 Å². The number of aliphatic hydroxyl groups is 2. The Morgan fingerprint density at radius 3 is 1.39 bits per heavy atom. The largest absolute Gasteiger partial charge is 0.490 e. The van der Waals surface area contributed by atoms with Crippen molar-refractivity contribution in [2.24, 2.45) is 0 Å². The van der Waals surface area contributed by atoms with Gasteiger partial charge in [0.25, 0.3) is 5.56 Å². The second-order valence-electron chi connectivity index (χ2n) is 9.47. The van der Waals surface area contributed by atoms with Crippen LogP contribution in [0.2, 0.25) is 0 Å². The van der Waals surface area contributed by atoms with E-state index in [2.05, 4.69) is 49.7 Å². The molecule has 0 radical (unpaired) electrons. The van der Waals surface area contributed by atoms with Gasteiger partial charge in [0.05, 0.1) is 12.9 Å². The highest BCUT2D eigenvalue weighted by Gasteiger charge is 2.50. The minimum absolute atomic E-state index is 0.192. The maximum Gasteiger partial charge on any atom is 0.490 e. The molecule has 6 unspecified atom stereocenters. The molecule has 0 spiro atoms. The minimum Gasteiger partial charge on any atom is -0.387 e. The lowest BCUT2D eigenvalue weighted by Gasteiger charge is -2.20. The Morgan fingerprint density at radius 2 is 1.00 bits per heavy atom. The van der Waals surface area contributed by atoms with Gasteiger partial charge in [0.15, 0.2) is 17.4 Å². The predicted molar refractivity (Wildman–Crippen MR) is 167 cm³/mol. The summed E-state index contributed by atoms with van der Waals surface area (Å²) in [5, 5.41) is 20.6. The number of nitrogens with zero attached hydrogens (tertiary/aromatic N) is 3. The third kappa shape index (κ3) is 18.4. The van der Waals surface area contributed by atoms with Gasteiger partial charge in [-0.05, 0) is 0 Å². The number of nitrogen functional groups attached to an aromatic ring is 1. The highest BCUT2D eigenvalue weighted by Crippen LogP contribution is 2.73. The molecule has 0 amide bonds. The van der Waals surface area contributed by atoms with Crippen molar-refractivity contribution >= 4 is 87.5 Å². The van der Waals surface area contributed by atoms with Crippen LogP contribution >= 0.6 is 70.4 Å². The van der Waals surface area contributed by atoms with E-state index in [1.54, 1.807) is 0 Å². The number of aromatic nitrogens is 4. The number of aromatic amines is 1. The number of ether oxygens (including phenoxy) is 1. The molecule has 2 aromatic rings. The van der Waals surface area contributed by atoms with E-state index in [4.69, 9.17) is 54.5 Å². The molecule has 2 aromatic heterocycles. The molecule has 0 aromatic carbocycles. The van der Waals surface area contributed by atoms with Gasteiger partial charge in [-0.25, -0.2) is 46.1 Å². The third-order valence-electron chi connectivity index (χ3n) is 4.92. The van der Waals surface area contributed by atoms with Crippen LogP contribution in [0.1, 0.15) is 6.23 Å². The van der Waals surface area contributed by atoms with Crippen molar-refractivity contribution in [2.45, 2.75) is 24.5 Å². The summed E-state index contributed by atoms with van der Waals surface area (Å²) in [5.74, 6) is -0.338. The molecule has 17 N–H and O–H groups in total. The monoisotopic (exact) mass is 1020 g/mol. The summed E-state index contributed by atoms with van der Waals surface area (Å²) in [4.78, 5) is 125. The number of hydrogen-bond donors (Lipinski definition) is 16. The first-order chi connectivity index (χ1) is 25.1. The van der Waals surface area contributed by atoms with E-state index in [1.165, 1.54) is 0 Å². The number of phosphoric acid groups is 9. The van der Waals surface area contributed by atoms with Crippen molar-refractivity contribution in [2.75, 3.05) is 12.3 Å². The number of H-pyrrole nitrogens is 1. The fraction of sp³-hybridized carbons (Fsp3) is 0.500. The van der Waals surface area contributed by atoms with Crippen molar-refractivity contribution in [1.82, 2.24) is 19.5 Å². The van der Waals surface area contributed by atoms with Gasteiger partial charge >= 0.3 is 70.4 Å². The Bertz CT molecular complexity index is 2240. The summed E-state index contributed by atoms with van der Waals surface area (Å²) in [7, 11) is -52.8. The first-order valence-corrected chi connectivity index (χ1v) is 26.2. The number of fused-ring (bicyclic) bond motifs is 1. The summed E-state index contributed by atoms with van der Waals surface area (Å²) in [5.41, 5.74) is 4.29. The fourth-order valence-electron chi connectivity index (χ4n) is 3.42. The summed E-state index contributed by atoms with van der Waals surface area (Å²) < 4.78 is 133. The Balaban J connectivity index is 0.000000555. The smallest absolute Gasteiger partial charge is 0.387 e. The molecule has 332 valence electrons. The van der Waals surface area contributed by atoms with E-state index in [9.17, 15) is 70.8 Å². The number of anilines is 1. The lowest BCUT2D eigenvalue weighted by Crippen LogP contribution is -2.33. The van der Waals surface area contributed by atoms with E-state index in [1.807, 2.05) is 0 Å². The van der Waals surface area contributed by atoms with E-state index in [-0.39, 0.29) is 17.1 Å². The summed E-state index contributed by atoms with van der Waals surface area (Å²) in [6.45, 7) is -1.18. The molecule has 47 heteroatoms. The zero-order valence-electron chi connectivity index (χ0n) is 26.1. The van der Waals surface area contributed by atoms with Gasteiger partial charge in [0, 0.05) is 0 Å². The van der Waals surface area contributed by atoms with Gasteiger partial charge in [0.1, 0.15) is 18.3 Å². The number of rotatable bonds is 18. The average Bonchev–Trinajstić information content (AvgIpc) is 3.41. The second kappa shape index (κ2) is 18.3. The van der Waals surface area contributed by atoms with Crippen LogP contribution in [0.4, 0.5) is 5.95 Å². The lowest BCUT2D eigenvalue weighted by molar-refractivity contribution is -0.0503. The molecule has 0 bridgehead atoms. The van der Waals surface area contributed by atoms with E-state index in [0.29, 0.717) is 0 Å². The van der Waals surface area contributed by atoms with Crippen LogP contribution in [0.3, 0.4) is 0 Å². The molecule has 1 aliphatic heterocycles. The van der Waals surface area contributed by atoms with Crippen molar-refractivity contribution in [3.63, 3.8) is 0 Å². The molecule has 1 aliphatic rings. The quantitative estimate of drug-likeness (QED) is 0.0677. The number of imidazole rings is 1. The standard InChI is InChI=1S/C10H18N5O20P5.H6O13P4/c11-10-13-7-4(8(18)14-10)12-2-15(7)9-6(17)5(16)3(31-9)1-30-37(22,23)33-39(26,27)35-40(28,29)34-38(24,25)32-36(19,20)21;1-14(2,3)11-16(7,8)13-17(9,10)12-15(4,5)6/h2-3,5-6,9,16-17H,1H2,(H,22,23)(H,24,25)(H,26,27)(H,28,29)(H2,19,20,21)(H3,11,13,14,18);(H,7,8)(H,9,10)(H2,1,2,3)(H2,4,5,6)/t3-,5-,6-,9-;/m1./s1. The number of phosphoric ester groups is 1. The van der Waals surface area contributed by atoms with Crippen molar-refractivity contribution in [1.29, 1.82) is 0 Å². The van der Waals surface area contributed by atoms with Crippen LogP contribution in [-0.2, 0) is 80.5 Å². The average molecular weight is 1020 g/mol. The van der Waals surface area contributed by atoms with Gasteiger partial charge in [-0.2, -0.15) is 35.2 Å². The maximum atomic E-state index is 12.1. The number of hydrogen-bond acceptors (Lipinski definition) is 24. The summed E-state index contributed by atoms with van der Waals surface area (Å²) >= 11 is 0. The molecule has 3 heterocycles. The van der Waals surface area contributed by atoms with Crippen molar-refractivity contribution < 1.29 is 149 Å². The first kappa shape index (κ1) is 52.4. The van der Waals surface area contributed by atoms with Crippen LogP contribution < -0.4 is 11.3 Å². The molecule has 57 heavy (non-hydrogen) atoms. The van der Waals surface area contributed by atoms with E-state index < -0.39 is 107 Å². The predicted octanol–water partition coefficient (Wildman–Crippen LogP) is -2.68. The normalized spacial score (nSPS) is 25.8. The fourth-order valence-corrected chi connectivity index (χ4v) is 13.3. The van der Waals surface area contributed by atoms with Gasteiger partial charge < -0.3 is 79.4 Å². The zero-order chi connectivity index (χ0) is 44.6. The molecule has 10 atom stereocenters. The van der Waals surface area contributed by atoms with Gasteiger partial charge in [0.2, 0.25) is 5.95 Å². The maximum absolute atomic E-state index is 12.1. The minimum atomic E-state index is -6.28. The first-order valence-electron chi connectivity index (χ1n) is 12.6. The molecule has 38 nitrogen and oxygen atoms in total. The summed E-state index contributed by atoms with van der Waals surface area (Å²) in [6.07, 6.45) is -5.91. The van der Waals surface area contributed by atoms with Gasteiger partial charge in [-0.15, -0.1) is 0 Å². The van der Waals surface area contributed by atoms with Crippen LogP contribution in [0.15, 0.2) is 11.1 Å². The highest BCUT2D eigenvalue weighted by atomic mass is 31.3. The Hall–Kier alpha value is -0.700. The summed E-state index contributed by atoms with van der Waals surface area (Å²) in [6, 6.07) is 0. The number of nitrogens with two attached hydrogens (primary N) is 1.